The number of aliphatic hydroxyl groups excluding tert-OH is 1. The second-order valence-electron chi connectivity index (χ2n) is 4.75. The van der Waals surface area contributed by atoms with Gasteiger partial charge < -0.3 is 9.84 Å². The molecule has 0 saturated carbocycles. The quantitative estimate of drug-likeness (QED) is 0.592. The molecule has 1 aromatic heterocycles. The molecule has 2 unspecified atom stereocenters. The van der Waals surface area contributed by atoms with E-state index in [2.05, 4.69) is 10.00 Å². The van der Waals surface area contributed by atoms with Crippen molar-refractivity contribution in [3.63, 3.8) is 0 Å². The Hall–Kier alpha value is -1.51. The Kier molecular flexibility index (Phi) is 4.46. The van der Waals surface area contributed by atoms with Gasteiger partial charge in [0.1, 0.15) is 12.4 Å². The molecule has 1 saturated heterocycles. The minimum absolute atomic E-state index is 0.0630. The van der Waals surface area contributed by atoms with Crippen molar-refractivity contribution in [1.29, 1.82) is 0 Å². The topological polar surface area (TPSA) is 93.7 Å². The average Bonchev–Trinajstić information content (AvgIpc) is 2.80. The molecule has 8 heteroatoms. The van der Waals surface area contributed by atoms with Crippen LogP contribution in [0.3, 0.4) is 0 Å². The van der Waals surface area contributed by atoms with Crippen LogP contribution in [0.4, 0.5) is 5.69 Å². The van der Waals surface area contributed by atoms with E-state index in [4.69, 9.17) is 4.74 Å². The van der Waals surface area contributed by atoms with Crippen LogP contribution in [-0.4, -0.2) is 63.2 Å². The fourth-order valence-corrected chi connectivity index (χ4v) is 2.12. The number of aliphatic hydroxyl groups is 1. The molecule has 0 aromatic carbocycles. The predicted octanol–water partition coefficient (Wildman–Crippen LogP) is -0.127. The van der Waals surface area contributed by atoms with E-state index in [1.54, 1.807) is 0 Å². The molecule has 2 rings (SSSR count). The number of aromatic nitrogens is 2. The molecule has 1 aliphatic rings. The highest BCUT2D eigenvalue weighted by molar-refractivity contribution is 5.20. The Morgan fingerprint density at radius 2 is 2.47 bits per heavy atom. The lowest BCUT2D eigenvalue weighted by atomic mass is 10.2. The monoisotopic (exact) mass is 270 g/mol. The molecule has 2 heterocycles. The molecule has 0 aliphatic carbocycles. The molecule has 1 aromatic rings. The molecule has 0 amide bonds. The first-order valence-electron chi connectivity index (χ1n) is 6.23. The summed E-state index contributed by atoms with van der Waals surface area (Å²) in [7, 11) is 0. The number of nitro groups is 1. The Bertz CT molecular complexity index is 436. The molecular weight excluding hydrogens is 252 g/mol. The minimum Gasteiger partial charge on any atom is -0.390 e. The van der Waals surface area contributed by atoms with Gasteiger partial charge in [-0.05, 0) is 6.92 Å². The normalized spacial score (nSPS) is 22.3. The predicted molar refractivity (Wildman–Crippen MR) is 66.7 cm³/mol. The standard InChI is InChI=1S/C11H18N4O4/c1-9-8-19-3-2-13(9)6-11(16)7-14-5-10(4-12-14)15(17)18/h4-5,9,11,16H,2-3,6-8H2,1H3. The first-order valence-corrected chi connectivity index (χ1v) is 6.23. The second-order valence-corrected chi connectivity index (χ2v) is 4.75. The number of hydrogen-bond acceptors (Lipinski definition) is 6. The zero-order valence-electron chi connectivity index (χ0n) is 10.8. The van der Waals surface area contributed by atoms with E-state index in [0.29, 0.717) is 19.8 Å². The molecule has 106 valence electrons. The Morgan fingerprint density at radius 1 is 1.68 bits per heavy atom. The number of rotatable bonds is 5. The smallest absolute Gasteiger partial charge is 0.306 e. The molecule has 0 radical (unpaired) electrons. The largest absolute Gasteiger partial charge is 0.390 e. The lowest BCUT2D eigenvalue weighted by Crippen LogP contribution is -2.47. The number of ether oxygens (including phenoxy) is 1. The van der Waals surface area contributed by atoms with Crippen molar-refractivity contribution in [2.75, 3.05) is 26.3 Å². The van der Waals surface area contributed by atoms with E-state index in [0.717, 1.165) is 6.54 Å². The zero-order chi connectivity index (χ0) is 13.8. The summed E-state index contributed by atoms with van der Waals surface area (Å²) in [5.41, 5.74) is -0.0630. The van der Waals surface area contributed by atoms with Crippen molar-refractivity contribution in [3.8, 4) is 0 Å². The zero-order valence-corrected chi connectivity index (χ0v) is 10.8. The maximum Gasteiger partial charge on any atom is 0.306 e. The summed E-state index contributed by atoms with van der Waals surface area (Å²) < 4.78 is 6.72. The van der Waals surface area contributed by atoms with Gasteiger partial charge >= 0.3 is 5.69 Å². The van der Waals surface area contributed by atoms with Crippen molar-refractivity contribution >= 4 is 5.69 Å². The SMILES string of the molecule is CC1COCCN1CC(O)Cn1cc([N+](=O)[O-])cn1. The third kappa shape index (κ3) is 3.72. The summed E-state index contributed by atoms with van der Waals surface area (Å²) >= 11 is 0. The van der Waals surface area contributed by atoms with Gasteiger partial charge in [-0.25, -0.2) is 0 Å². The van der Waals surface area contributed by atoms with Crippen LogP contribution in [0, 0.1) is 10.1 Å². The summed E-state index contributed by atoms with van der Waals surface area (Å²) in [6.45, 7) is 4.93. The van der Waals surface area contributed by atoms with Crippen LogP contribution in [0.25, 0.3) is 0 Å². The van der Waals surface area contributed by atoms with Gasteiger partial charge in [-0.1, -0.05) is 0 Å². The summed E-state index contributed by atoms with van der Waals surface area (Å²) in [5, 5.41) is 24.4. The van der Waals surface area contributed by atoms with Crippen LogP contribution in [-0.2, 0) is 11.3 Å². The van der Waals surface area contributed by atoms with Gasteiger partial charge in [0.15, 0.2) is 0 Å². The average molecular weight is 270 g/mol. The van der Waals surface area contributed by atoms with Gasteiger partial charge in [-0.15, -0.1) is 0 Å². The van der Waals surface area contributed by atoms with Crippen LogP contribution in [0.1, 0.15) is 6.92 Å². The van der Waals surface area contributed by atoms with E-state index < -0.39 is 11.0 Å². The Balaban J connectivity index is 1.85. The molecule has 2 atom stereocenters. The van der Waals surface area contributed by atoms with Crippen LogP contribution < -0.4 is 0 Å². The van der Waals surface area contributed by atoms with Crippen LogP contribution in [0.2, 0.25) is 0 Å². The molecule has 1 N–H and O–H groups in total. The van der Waals surface area contributed by atoms with Crippen molar-refractivity contribution in [1.82, 2.24) is 14.7 Å². The molecule has 0 spiro atoms. The van der Waals surface area contributed by atoms with E-state index in [1.165, 1.54) is 17.1 Å². The number of morpholine rings is 1. The molecule has 1 fully saturated rings. The lowest BCUT2D eigenvalue weighted by Gasteiger charge is -2.34. The molecule has 8 nitrogen and oxygen atoms in total. The second kappa shape index (κ2) is 6.09. The third-order valence-corrected chi connectivity index (χ3v) is 3.18. The number of β-amino-alcohol motifs (C(OH)–C–C–N with tert-alkyl or cyclic N) is 1. The van der Waals surface area contributed by atoms with E-state index >= 15 is 0 Å². The van der Waals surface area contributed by atoms with Crippen molar-refractivity contribution in [2.24, 2.45) is 0 Å². The van der Waals surface area contributed by atoms with Gasteiger partial charge in [0.05, 0.1) is 30.8 Å². The fraction of sp³-hybridized carbons (Fsp3) is 0.727. The Labute approximate surface area is 110 Å². The summed E-state index contributed by atoms with van der Waals surface area (Å²) in [4.78, 5) is 12.2. The molecule has 19 heavy (non-hydrogen) atoms. The summed E-state index contributed by atoms with van der Waals surface area (Å²) in [5.74, 6) is 0. The molecule has 0 bridgehead atoms. The summed E-state index contributed by atoms with van der Waals surface area (Å²) in [6.07, 6.45) is 1.90. The minimum atomic E-state index is -0.611. The fourth-order valence-electron chi connectivity index (χ4n) is 2.12. The van der Waals surface area contributed by atoms with Crippen molar-refractivity contribution in [2.45, 2.75) is 25.6 Å². The lowest BCUT2D eigenvalue weighted by molar-refractivity contribution is -0.385. The first-order chi connectivity index (χ1) is 9.06. The van der Waals surface area contributed by atoms with Crippen LogP contribution >= 0.6 is 0 Å². The van der Waals surface area contributed by atoms with Gasteiger partial charge in [-0.3, -0.25) is 19.7 Å². The maximum absolute atomic E-state index is 10.5. The number of nitrogens with zero attached hydrogens (tertiary/aromatic N) is 4. The van der Waals surface area contributed by atoms with Gasteiger partial charge in [0, 0.05) is 19.1 Å². The van der Waals surface area contributed by atoms with Crippen LogP contribution in [0.15, 0.2) is 12.4 Å². The van der Waals surface area contributed by atoms with Crippen molar-refractivity contribution < 1.29 is 14.8 Å². The molecular formula is C11H18N4O4. The maximum atomic E-state index is 10.5. The Morgan fingerprint density at radius 3 is 3.11 bits per heavy atom. The van der Waals surface area contributed by atoms with Gasteiger partial charge in [0.2, 0.25) is 0 Å². The summed E-state index contributed by atoms with van der Waals surface area (Å²) in [6, 6.07) is 0.273. The molecule has 1 aliphatic heterocycles. The van der Waals surface area contributed by atoms with Gasteiger partial charge in [-0.2, -0.15) is 5.10 Å². The van der Waals surface area contributed by atoms with Crippen molar-refractivity contribution in [3.05, 3.63) is 22.5 Å². The van der Waals surface area contributed by atoms with Crippen LogP contribution in [0.5, 0.6) is 0 Å². The first kappa shape index (κ1) is 13.9. The van der Waals surface area contributed by atoms with Gasteiger partial charge in [0.25, 0.3) is 0 Å². The van der Waals surface area contributed by atoms with E-state index in [-0.39, 0.29) is 18.3 Å². The highest BCUT2D eigenvalue weighted by atomic mass is 16.6. The van der Waals surface area contributed by atoms with E-state index in [1.807, 2.05) is 6.92 Å². The third-order valence-electron chi connectivity index (χ3n) is 3.18. The highest BCUT2D eigenvalue weighted by Gasteiger charge is 2.22. The number of hydrogen-bond donors (Lipinski definition) is 1. The highest BCUT2D eigenvalue weighted by Crippen LogP contribution is 2.10. The van der Waals surface area contributed by atoms with E-state index in [9.17, 15) is 15.2 Å².